The van der Waals surface area contributed by atoms with Crippen molar-refractivity contribution in [1.82, 2.24) is 0 Å². The number of rotatable bonds is 4. The third-order valence-corrected chi connectivity index (χ3v) is 6.21. The Morgan fingerprint density at radius 3 is 2.60 bits per heavy atom. The Kier molecular flexibility index (Phi) is 4.53. The van der Waals surface area contributed by atoms with E-state index in [1.54, 1.807) is 0 Å². The van der Waals surface area contributed by atoms with E-state index < -0.39 is 0 Å². The number of hydrogen-bond acceptors (Lipinski definition) is 3. The van der Waals surface area contributed by atoms with Crippen LogP contribution in [0.3, 0.4) is 0 Å². The molecule has 0 aromatic carbocycles. The predicted molar refractivity (Wildman–Crippen MR) is 84.9 cm³/mol. The zero-order valence-electron chi connectivity index (χ0n) is 13.2. The van der Waals surface area contributed by atoms with Crippen LogP contribution in [0.2, 0.25) is 0 Å². The van der Waals surface area contributed by atoms with Crippen LogP contribution in [0.1, 0.15) is 59.8 Å². The molecule has 5 heteroatoms. The van der Waals surface area contributed by atoms with Gasteiger partial charge in [0.05, 0.1) is 11.7 Å². The summed E-state index contributed by atoms with van der Waals surface area (Å²) in [7, 11) is -0.184. The van der Waals surface area contributed by atoms with Gasteiger partial charge in [-0.15, -0.1) is 12.4 Å². The lowest BCUT2D eigenvalue weighted by molar-refractivity contribution is -0.199. The molecule has 0 spiro atoms. The minimum Gasteiger partial charge on any atom is -0.404 e. The fourth-order valence-electron chi connectivity index (χ4n) is 4.66. The maximum absolute atomic E-state index is 6.35. The zero-order valence-corrected chi connectivity index (χ0v) is 14.0. The second-order valence-corrected chi connectivity index (χ2v) is 7.64. The molecule has 2 bridgehead atoms. The molecule has 4 aliphatic rings. The van der Waals surface area contributed by atoms with E-state index >= 15 is 0 Å². The highest BCUT2D eigenvalue weighted by Gasteiger charge is 2.68. The van der Waals surface area contributed by atoms with E-state index in [1.807, 2.05) is 0 Å². The van der Waals surface area contributed by atoms with Gasteiger partial charge in [-0.3, -0.25) is 0 Å². The Hall–Kier alpha value is 0.235. The predicted octanol–water partition coefficient (Wildman–Crippen LogP) is 3.19. The van der Waals surface area contributed by atoms with E-state index in [9.17, 15) is 0 Å². The van der Waals surface area contributed by atoms with Gasteiger partial charge in [-0.1, -0.05) is 33.6 Å². The summed E-state index contributed by atoms with van der Waals surface area (Å²) in [4.78, 5) is 0. The lowest BCUT2D eigenvalue weighted by Crippen LogP contribution is -2.65. The van der Waals surface area contributed by atoms with Gasteiger partial charge in [0.25, 0.3) is 0 Å². The summed E-state index contributed by atoms with van der Waals surface area (Å²) < 4.78 is 12.5. The van der Waals surface area contributed by atoms with Crippen LogP contribution < -0.4 is 5.73 Å². The molecular weight excluding hydrogens is 272 g/mol. The first kappa shape index (κ1) is 16.6. The van der Waals surface area contributed by atoms with Gasteiger partial charge >= 0.3 is 7.12 Å². The van der Waals surface area contributed by atoms with Gasteiger partial charge in [-0.2, -0.15) is 0 Å². The van der Waals surface area contributed by atoms with Gasteiger partial charge in [0, 0.05) is 5.94 Å². The number of unbranched alkanes of at least 4 members (excludes halogenated alkanes) is 1. The van der Waals surface area contributed by atoms with E-state index in [0.717, 1.165) is 25.2 Å². The Morgan fingerprint density at radius 2 is 2.00 bits per heavy atom. The smallest absolute Gasteiger partial charge is 0.404 e. The van der Waals surface area contributed by atoms with Crippen molar-refractivity contribution in [2.45, 2.75) is 77.4 Å². The summed E-state index contributed by atoms with van der Waals surface area (Å²) in [6.07, 6.45) is 6.06. The molecule has 20 heavy (non-hydrogen) atoms. The molecule has 2 N–H and O–H groups in total. The van der Waals surface area contributed by atoms with E-state index in [2.05, 4.69) is 27.7 Å². The molecule has 1 heterocycles. The Morgan fingerprint density at radius 1 is 1.30 bits per heavy atom. The SMILES string of the molecule is CCCCC(N)B1O[C@@H]2C[C@@H]3C[C@@H](C3(C)C)[C@@]2(C)O1.Cl. The third kappa shape index (κ3) is 2.23. The molecule has 116 valence electrons. The highest BCUT2D eigenvalue weighted by molar-refractivity contribution is 6.47. The van der Waals surface area contributed by atoms with Gasteiger partial charge in [-0.25, -0.2) is 0 Å². The number of hydrogen-bond donors (Lipinski definition) is 1. The van der Waals surface area contributed by atoms with Crippen LogP contribution in [-0.2, 0) is 9.31 Å². The maximum atomic E-state index is 6.35. The molecule has 3 aliphatic carbocycles. The summed E-state index contributed by atoms with van der Waals surface area (Å²) in [5.41, 5.74) is 6.56. The molecule has 1 saturated heterocycles. The highest BCUT2D eigenvalue weighted by Crippen LogP contribution is 2.65. The Bertz CT molecular complexity index is 368. The molecule has 3 nitrogen and oxygen atoms in total. The molecular formula is C15H29BClNO2. The van der Waals surface area contributed by atoms with E-state index in [0.29, 0.717) is 11.3 Å². The lowest BCUT2D eigenvalue weighted by atomic mass is 9.43. The van der Waals surface area contributed by atoms with Gasteiger partial charge in [-0.05, 0) is 43.4 Å². The van der Waals surface area contributed by atoms with Crippen LogP contribution in [0.5, 0.6) is 0 Å². The average molecular weight is 302 g/mol. The number of nitrogens with two attached hydrogens (primary N) is 1. The van der Waals surface area contributed by atoms with Crippen LogP contribution in [0.15, 0.2) is 0 Å². The first-order valence-corrected chi connectivity index (χ1v) is 7.98. The summed E-state index contributed by atoms with van der Waals surface area (Å²) in [5.74, 6) is 1.47. The standard InChI is InChI=1S/C15H28BNO2.ClH/c1-5-6-7-13(17)16-18-12-9-10-8-11(14(10,2)3)15(12,4)19-16;/h10-13H,5-9,17H2,1-4H3;1H/t10-,11-,12+,13?,15+;/m0./s1. The first-order chi connectivity index (χ1) is 8.89. The Balaban J connectivity index is 0.00000147. The topological polar surface area (TPSA) is 44.5 Å². The average Bonchev–Trinajstić information content (AvgIpc) is 2.72. The van der Waals surface area contributed by atoms with Gasteiger partial charge in [0.15, 0.2) is 0 Å². The fourth-order valence-corrected chi connectivity index (χ4v) is 4.66. The van der Waals surface area contributed by atoms with Crippen LogP contribution >= 0.6 is 12.4 Å². The van der Waals surface area contributed by atoms with Crippen LogP contribution in [0, 0.1) is 17.3 Å². The molecule has 1 aliphatic heterocycles. The lowest BCUT2D eigenvalue weighted by Gasteiger charge is -2.64. The molecule has 0 aromatic heterocycles. The van der Waals surface area contributed by atoms with Crippen molar-refractivity contribution in [1.29, 1.82) is 0 Å². The molecule has 0 amide bonds. The largest absolute Gasteiger partial charge is 0.475 e. The van der Waals surface area contributed by atoms with E-state index in [-0.39, 0.29) is 37.2 Å². The third-order valence-electron chi connectivity index (χ3n) is 6.21. The first-order valence-electron chi connectivity index (χ1n) is 7.98. The van der Waals surface area contributed by atoms with Crippen molar-refractivity contribution in [2.75, 3.05) is 0 Å². The molecule has 4 fully saturated rings. The summed E-state index contributed by atoms with van der Waals surface area (Å²) in [6.45, 7) is 9.23. The molecule has 1 unspecified atom stereocenters. The van der Waals surface area contributed by atoms with Gasteiger partial charge in [0.2, 0.25) is 0 Å². The molecule has 4 rings (SSSR count). The Labute approximate surface area is 129 Å². The van der Waals surface area contributed by atoms with Crippen LogP contribution in [-0.4, -0.2) is 24.8 Å². The zero-order chi connectivity index (χ0) is 13.8. The normalized spacial score (nSPS) is 42.5. The minimum atomic E-state index is -0.184. The van der Waals surface area contributed by atoms with Crippen molar-refractivity contribution in [3.8, 4) is 0 Å². The van der Waals surface area contributed by atoms with Gasteiger partial charge in [0.1, 0.15) is 0 Å². The quantitative estimate of drug-likeness (QED) is 0.811. The van der Waals surface area contributed by atoms with E-state index in [4.69, 9.17) is 15.0 Å². The van der Waals surface area contributed by atoms with Crippen molar-refractivity contribution in [3.63, 3.8) is 0 Å². The second-order valence-electron chi connectivity index (χ2n) is 7.64. The summed E-state index contributed by atoms with van der Waals surface area (Å²) in [5, 5.41) is 0. The molecule has 3 saturated carbocycles. The fraction of sp³-hybridized carbons (Fsp3) is 1.00. The van der Waals surface area contributed by atoms with E-state index in [1.165, 1.54) is 12.8 Å². The summed E-state index contributed by atoms with van der Waals surface area (Å²) >= 11 is 0. The van der Waals surface area contributed by atoms with Gasteiger partial charge < -0.3 is 15.0 Å². The summed E-state index contributed by atoms with van der Waals surface area (Å²) in [6, 6.07) is 0. The van der Waals surface area contributed by atoms with Crippen molar-refractivity contribution < 1.29 is 9.31 Å². The van der Waals surface area contributed by atoms with Crippen LogP contribution in [0.4, 0.5) is 0 Å². The minimum absolute atomic E-state index is 0. The molecule has 0 radical (unpaired) electrons. The van der Waals surface area contributed by atoms with Crippen LogP contribution in [0.25, 0.3) is 0 Å². The van der Waals surface area contributed by atoms with Crippen molar-refractivity contribution >= 4 is 19.5 Å². The number of halogens is 1. The highest BCUT2D eigenvalue weighted by atomic mass is 35.5. The maximum Gasteiger partial charge on any atom is 0.475 e. The second kappa shape index (κ2) is 5.46. The van der Waals surface area contributed by atoms with Crippen molar-refractivity contribution in [3.05, 3.63) is 0 Å². The monoisotopic (exact) mass is 301 g/mol. The molecule has 5 atom stereocenters. The van der Waals surface area contributed by atoms with Crippen molar-refractivity contribution in [2.24, 2.45) is 23.0 Å². The molecule has 0 aromatic rings.